The van der Waals surface area contributed by atoms with Crippen molar-refractivity contribution in [1.29, 1.82) is 0 Å². The molecule has 2 aromatic rings. The first-order chi connectivity index (χ1) is 14.3. The van der Waals surface area contributed by atoms with Crippen molar-refractivity contribution < 1.29 is 24.7 Å². The summed E-state index contributed by atoms with van der Waals surface area (Å²) in [6, 6.07) is 9.61. The van der Waals surface area contributed by atoms with Crippen LogP contribution in [0.4, 0.5) is 11.4 Å². The second-order valence-electron chi connectivity index (χ2n) is 6.06. The number of carboxylic acid groups (broad SMARTS) is 1. The van der Waals surface area contributed by atoms with Crippen LogP contribution in [-0.2, 0) is 4.79 Å². The van der Waals surface area contributed by atoms with Gasteiger partial charge in [0, 0.05) is 24.7 Å². The minimum Gasteiger partial charge on any atom is -0.507 e. The highest BCUT2D eigenvalue weighted by molar-refractivity contribution is 8.18. The van der Waals surface area contributed by atoms with Crippen LogP contribution in [0.2, 0.25) is 0 Å². The third-order valence-corrected chi connectivity index (χ3v) is 5.04. The van der Waals surface area contributed by atoms with Crippen LogP contribution >= 0.6 is 11.8 Å². The molecule has 0 aromatic heterocycles. The van der Waals surface area contributed by atoms with Crippen molar-refractivity contribution in [2.75, 3.05) is 6.54 Å². The number of phenols is 1. The van der Waals surface area contributed by atoms with Crippen molar-refractivity contribution in [2.45, 2.75) is 0 Å². The molecular weight excluding hydrogens is 410 g/mol. The lowest BCUT2D eigenvalue weighted by Gasteiger charge is -2.12. The number of nitro benzene ring substituents is 1. The fraction of sp³-hybridized carbons (Fsp3) is 0.0500. The highest BCUT2D eigenvalue weighted by Gasteiger charge is 2.32. The highest BCUT2D eigenvalue weighted by Crippen LogP contribution is 2.35. The summed E-state index contributed by atoms with van der Waals surface area (Å²) in [5.74, 6) is -2.02. The minimum atomic E-state index is -1.27. The van der Waals surface area contributed by atoms with Crippen LogP contribution in [0.5, 0.6) is 5.75 Å². The molecule has 10 heteroatoms. The number of nitrogens with zero attached hydrogens (tertiary/aromatic N) is 3. The summed E-state index contributed by atoms with van der Waals surface area (Å²) >= 11 is 1.09. The second kappa shape index (κ2) is 8.62. The van der Waals surface area contributed by atoms with Gasteiger partial charge in [0.05, 0.1) is 15.5 Å². The molecule has 30 heavy (non-hydrogen) atoms. The zero-order chi connectivity index (χ0) is 21.8. The van der Waals surface area contributed by atoms with E-state index >= 15 is 0 Å². The molecule has 0 spiro atoms. The molecule has 0 aliphatic carbocycles. The Hall–Kier alpha value is -3.92. The molecule has 1 heterocycles. The second-order valence-corrected chi connectivity index (χ2v) is 7.07. The number of hydrogen-bond acceptors (Lipinski definition) is 7. The number of carbonyl (C=O) groups is 2. The number of aliphatic imine (C=N–C) groups is 1. The summed E-state index contributed by atoms with van der Waals surface area (Å²) in [4.78, 5) is 40.1. The van der Waals surface area contributed by atoms with Crippen LogP contribution in [0.25, 0.3) is 6.08 Å². The van der Waals surface area contributed by atoms with Gasteiger partial charge in [-0.25, -0.2) is 9.79 Å². The van der Waals surface area contributed by atoms with Crippen LogP contribution in [0.1, 0.15) is 15.9 Å². The zero-order valence-corrected chi connectivity index (χ0v) is 16.2. The fourth-order valence-electron chi connectivity index (χ4n) is 2.61. The average Bonchev–Trinajstić information content (AvgIpc) is 2.97. The van der Waals surface area contributed by atoms with E-state index in [0.717, 1.165) is 11.8 Å². The smallest absolute Gasteiger partial charge is 0.339 e. The lowest BCUT2D eigenvalue weighted by molar-refractivity contribution is -0.384. The maximum Gasteiger partial charge on any atom is 0.339 e. The third kappa shape index (κ3) is 4.39. The van der Waals surface area contributed by atoms with Gasteiger partial charge < -0.3 is 10.2 Å². The Morgan fingerprint density at radius 1 is 1.27 bits per heavy atom. The number of benzene rings is 2. The van der Waals surface area contributed by atoms with E-state index in [2.05, 4.69) is 11.6 Å². The van der Waals surface area contributed by atoms with Gasteiger partial charge in [0.25, 0.3) is 11.6 Å². The van der Waals surface area contributed by atoms with Crippen LogP contribution in [0, 0.1) is 10.1 Å². The van der Waals surface area contributed by atoms with Gasteiger partial charge in [-0.1, -0.05) is 6.08 Å². The molecular formula is C20H15N3O6S. The molecule has 2 N–H and O–H groups in total. The molecule has 1 aliphatic rings. The van der Waals surface area contributed by atoms with Gasteiger partial charge in [0.15, 0.2) is 5.17 Å². The lowest BCUT2D eigenvalue weighted by Crippen LogP contribution is -2.29. The predicted molar refractivity (Wildman–Crippen MR) is 113 cm³/mol. The van der Waals surface area contributed by atoms with E-state index in [-0.39, 0.29) is 29.4 Å². The Labute approximate surface area is 174 Å². The van der Waals surface area contributed by atoms with Gasteiger partial charge in [-0.3, -0.25) is 19.8 Å². The maximum absolute atomic E-state index is 12.8. The van der Waals surface area contributed by atoms with Gasteiger partial charge in [-0.15, -0.1) is 6.58 Å². The van der Waals surface area contributed by atoms with Gasteiger partial charge >= 0.3 is 5.97 Å². The third-order valence-electron chi connectivity index (χ3n) is 4.04. The molecule has 0 bridgehead atoms. The average molecular weight is 425 g/mol. The number of carboxylic acids is 1. The summed E-state index contributed by atoms with van der Waals surface area (Å²) in [6.07, 6.45) is 3.13. The van der Waals surface area contributed by atoms with Crippen molar-refractivity contribution in [2.24, 2.45) is 4.99 Å². The number of rotatable bonds is 6. The molecule has 152 valence electrons. The topological polar surface area (TPSA) is 133 Å². The first-order valence-electron chi connectivity index (χ1n) is 8.52. The van der Waals surface area contributed by atoms with Gasteiger partial charge in [-0.05, 0) is 47.7 Å². The molecule has 9 nitrogen and oxygen atoms in total. The SMILES string of the molecule is C=CCN1C(=O)/C(=C/c2ccc([N+](=O)[O-])cc2)SC1=Nc1ccc(C(=O)O)c(O)c1. The summed E-state index contributed by atoms with van der Waals surface area (Å²) < 4.78 is 0. The van der Waals surface area contributed by atoms with E-state index in [4.69, 9.17) is 5.11 Å². The molecule has 0 atom stereocenters. The number of non-ortho nitro benzene ring substituents is 1. The normalized spacial score (nSPS) is 16.3. The summed E-state index contributed by atoms with van der Waals surface area (Å²) in [5, 5.41) is 30.0. The number of carbonyl (C=O) groups excluding carboxylic acids is 1. The van der Waals surface area contributed by atoms with E-state index in [0.29, 0.717) is 15.6 Å². The van der Waals surface area contributed by atoms with Crippen LogP contribution in [0.15, 0.2) is 65.0 Å². The number of amidine groups is 1. The van der Waals surface area contributed by atoms with Gasteiger partial charge in [-0.2, -0.15) is 0 Å². The van der Waals surface area contributed by atoms with E-state index in [9.17, 15) is 24.8 Å². The molecule has 3 rings (SSSR count). The Balaban J connectivity index is 1.93. The fourth-order valence-corrected chi connectivity index (χ4v) is 3.61. The number of nitro groups is 1. The van der Waals surface area contributed by atoms with Crippen LogP contribution in [0.3, 0.4) is 0 Å². The molecule has 0 saturated carbocycles. The van der Waals surface area contributed by atoms with Crippen molar-refractivity contribution in [3.8, 4) is 5.75 Å². The number of thioether (sulfide) groups is 1. The number of amides is 1. The summed E-state index contributed by atoms with van der Waals surface area (Å²) in [7, 11) is 0. The molecule has 1 aliphatic heterocycles. The Bertz CT molecular complexity index is 1110. The highest BCUT2D eigenvalue weighted by atomic mass is 32.2. The maximum atomic E-state index is 12.8. The lowest BCUT2D eigenvalue weighted by atomic mass is 10.2. The van der Waals surface area contributed by atoms with Crippen molar-refractivity contribution in [3.63, 3.8) is 0 Å². The summed E-state index contributed by atoms with van der Waals surface area (Å²) in [5.41, 5.74) is 0.580. The van der Waals surface area contributed by atoms with Crippen LogP contribution in [-0.4, -0.2) is 43.6 Å². The number of hydrogen-bond donors (Lipinski definition) is 2. The quantitative estimate of drug-likeness (QED) is 0.311. The van der Waals surface area contributed by atoms with Crippen molar-refractivity contribution >= 4 is 46.3 Å². The van der Waals surface area contributed by atoms with Crippen molar-refractivity contribution in [1.82, 2.24) is 4.90 Å². The summed E-state index contributed by atoms with van der Waals surface area (Å²) in [6.45, 7) is 3.83. The number of aromatic carboxylic acids is 1. The van der Waals surface area contributed by atoms with E-state index in [1.165, 1.54) is 53.4 Å². The standard InChI is InChI=1S/C20H15N3O6S/c1-2-9-22-18(25)17(10-12-3-6-14(7-4-12)23(28)29)30-20(22)21-13-5-8-15(19(26)27)16(24)11-13/h2-8,10-11,24H,1,9H2,(H,26,27)/b17-10-,21-20?. The monoisotopic (exact) mass is 425 g/mol. The van der Waals surface area contributed by atoms with Crippen LogP contribution < -0.4 is 0 Å². The first-order valence-corrected chi connectivity index (χ1v) is 9.33. The molecule has 1 amide bonds. The molecule has 2 aromatic carbocycles. The zero-order valence-electron chi connectivity index (χ0n) is 15.4. The molecule has 0 radical (unpaired) electrons. The van der Waals surface area contributed by atoms with Crippen molar-refractivity contribution in [3.05, 3.63) is 81.3 Å². The molecule has 1 fully saturated rings. The Morgan fingerprint density at radius 3 is 2.53 bits per heavy atom. The van der Waals surface area contributed by atoms with Gasteiger partial charge in [0.2, 0.25) is 0 Å². The van der Waals surface area contributed by atoms with E-state index in [1.807, 2.05) is 0 Å². The Morgan fingerprint density at radius 2 is 1.97 bits per heavy atom. The first kappa shape index (κ1) is 20.8. The number of aromatic hydroxyl groups is 1. The predicted octanol–water partition coefficient (Wildman–Crippen LogP) is 3.79. The minimum absolute atomic E-state index is 0.0531. The Kier molecular flexibility index (Phi) is 5.98. The van der Waals surface area contributed by atoms with E-state index < -0.39 is 16.6 Å². The molecule has 0 unspecified atom stereocenters. The molecule has 1 saturated heterocycles. The van der Waals surface area contributed by atoms with Gasteiger partial charge in [0.1, 0.15) is 11.3 Å². The van der Waals surface area contributed by atoms with E-state index in [1.54, 1.807) is 6.08 Å². The largest absolute Gasteiger partial charge is 0.507 e.